The fourth-order valence-electron chi connectivity index (χ4n) is 2.99. The van der Waals surface area contributed by atoms with Crippen molar-refractivity contribution in [2.45, 2.75) is 45.3 Å². The molecule has 2 atom stereocenters. The lowest BCUT2D eigenvalue weighted by Gasteiger charge is -2.39. The maximum atomic E-state index is 12.2. The number of rotatable bonds is 1. The van der Waals surface area contributed by atoms with Gasteiger partial charge in [-0.05, 0) is 32.3 Å². The molecule has 3 aliphatic heterocycles. The van der Waals surface area contributed by atoms with Gasteiger partial charge in [0, 0.05) is 24.3 Å². The van der Waals surface area contributed by atoms with Gasteiger partial charge in [0.15, 0.2) is 5.09 Å². The number of nitrogens with zero attached hydrogens (tertiary/aromatic N) is 1. The van der Waals surface area contributed by atoms with Crippen molar-refractivity contribution in [3.8, 4) is 0 Å². The quantitative estimate of drug-likeness (QED) is 0.799. The number of carbonyl (C=O) groups excluding carboxylic acids is 1. The van der Waals surface area contributed by atoms with E-state index in [4.69, 9.17) is 4.74 Å². The third-order valence-corrected chi connectivity index (χ3v) is 5.21. The second kappa shape index (κ2) is 4.87. The summed E-state index contributed by atoms with van der Waals surface area (Å²) in [4.78, 5) is 14.1. The lowest BCUT2D eigenvalue weighted by molar-refractivity contribution is -0.134. The van der Waals surface area contributed by atoms with E-state index in [1.54, 1.807) is 11.8 Å². The van der Waals surface area contributed by atoms with E-state index < -0.39 is 6.10 Å². The lowest BCUT2D eigenvalue weighted by atomic mass is 9.91. The van der Waals surface area contributed by atoms with Crippen LogP contribution in [0.5, 0.6) is 0 Å². The molecule has 0 spiro atoms. The molecule has 0 bridgehead atoms. The Balaban J connectivity index is 1.99. The second-order valence-corrected chi connectivity index (χ2v) is 6.35. The SMILES string of the molecule is CC1=C(C)C(N2CCCCC2=O)C2=C(O1)SCC2O. The van der Waals surface area contributed by atoms with Crippen molar-refractivity contribution in [2.24, 2.45) is 0 Å². The van der Waals surface area contributed by atoms with Gasteiger partial charge in [-0.1, -0.05) is 11.8 Å². The summed E-state index contributed by atoms with van der Waals surface area (Å²) in [5, 5.41) is 11.0. The summed E-state index contributed by atoms with van der Waals surface area (Å²) in [6.45, 7) is 4.72. The maximum absolute atomic E-state index is 12.2. The van der Waals surface area contributed by atoms with Crippen molar-refractivity contribution in [1.82, 2.24) is 4.90 Å². The van der Waals surface area contributed by atoms with Crippen molar-refractivity contribution in [3.63, 3.8) is 0 Å². The Kier molecular flexibility index (Phi) is 3.35. The Bertz CT molecular complexity index is 483. The Morgan fingerprint density at radius 1 is 1.37 bits per heavy atom. The van der Waals surface area contributed by atoms with Crippen molar-refractivity contribution < 1.29 is 14.6 Å². The van der Waals surface area contributed by atoms with Crippen LogP contribution in [0.3, 0.4) is 0 Å². The highest BCUT2D eigenvalue weighted by atomic mass is 32.2. The van der Waals surface area contributed by atoms with E-state index in [1.807, 2.05) is 18.7 Å². The van der Waals surface area contributed by atoms with Crippen LogP contribution >= 0.6 is 11.8 Å². The molecule has 1 N–H and O–H groups in total. The minimum absolute atomic E-state index is 0.0958. The average molecular weight is 281 g/mol. The largest absolute Gasteiger partial charge is 0.455 e. The van der Waals surface area contributed by atoms with Crippen LogP contribution in [0, 0.1) is 0 Å². The monoisotopic (exact) mass is 281 g/mol. The fraction of sp³-hybridized carbons (Fsp3) is 0.643. The van der Waals surface area contributed by atoms with Gasteiger partial charge in [0.25, 0.3) is 0 Å². The number of carbonyl (C=O) groups is 1. The number of likely N-dealkylation sites (tertiary alicyclic amines) is 1. The van der Waals surface area contributed by atoms with Gasteiger partial charge < -0.3 is 14.7 Å². The average Bonchev–Trinajstić information content (AvgIpc) is 2.74. The summed E-state index contributed by atoms with van der Waals surface area (Å²) >= 11 is 1.54. The minimum atomic E-state index is -0.497. The van der Waals surface area contributed by atoms with Crippen LogP contribution in [0.15, 0.2) is 22.0 Å². The zero-order chi connectivity index (χ0) is 13.6. The smallest absolute Gasteiger partial charge is 0.223 e. The molecule has 0 aromatic carbocycles. The molecule has 104 valence electrons. The van der Waals surface area contributed by atoms with Gasteiger partial charge >= 0.3 is 0 Å². The molecule has 19 heavy (non-hydrogen) atoms. The number of aliphatic hydroxyl groups is 1. The summed E-state index contributed by atoms with van der Waals surface area (Å²) in [5.41, 5.74) is 1.94. The molecule has 0 radical (unpaired) electrons. The standard InChI is InChI=1S/C14H19NO3S/c1-8-9(2)18-14-12(10(16)7-19-14)13(8)15-6-4-3-5-11(15)17/h10,13,16H,3-7H2,1-2H3. The van der Waals surface area contributed by atoms with Crippen LogP contribution < -0.4 is 0 Å². The third kappa shape index (κ3) is 2.09. The topological polar surface area (TPSA) is 49.8 Å². The first kappa shape index (κ1) is 13.1. The Labute approximate surface area is 117 Å². The molecule has 0 aromatic rings. The molecule has 5 heteroatoms. The highest BCUT2D eigenvalue weighted by Gasteiger charge is 2.41. The van der Waals surface area contributed by atoms with E-state index >= 15 is 0 Å². The number of thioether (sulfide) groups is 1. The summed E-state index contributed by atoms with van der Waals surface area (Å²) < 4.78 is 5.77. The Morgan fingerprint density at radius 2 is 2.16 bits per heavy atom. The number of aliphatic hydroxyl groups excluding tert-OH is 1. The van der Waals surface area contributed by atoms with Crippen LogP contribution in [0.1, 0.15) is 33.1 Å². The van der Waals surface area contributed by atoms with Crippen LogP contribution in [0.4, 0.5) is 0 Å². The van der Waals surface area contributed by atoms with Crippen molar-refractivity contribution in [1.29, 1.82) is 0 Å². The molecule has 3 heterocycles. The highest BCUT2D eigenvalue weighted by Crippen LogP contribution is 2.43. The van der Waals surface area contributed by atoms with E-state index in [9.17, 15) is 9.90 Å². The van der Waals surface area contributed by atoms with E-state index in [2.05, 4.69) is 0 Å². The molecule has 1 amide bonds. The molecule has 3 aliphatic rings. The first-order valence-electron chi connectivity index (χ1n) is 6.79. The highest BCUT2D eigenvalue weighted by molar-refractivity contribution is 8.03. The summed E-state index contributed by atoms with van der Waals surface area (Å²) in [7, 11) is 0. The van der Waals surface area contributed by atoms with Crippen LogP contribution in [-0.4, -0.2) is 40.4 Å². The first-order chi connectivity index (χ1) is 9.09. The lowest BCUT2D eigenvalue weighted by Crippen LogP contribution is -2.47. The van der Waals surface area contributed by atoms with E-state index in [0.717, 1.165) is 41.4 Å². The van der Waals surface area contributed by atoms with Gasteiger partial charge in [-0.2, -0.15) is 0 Å². The second-order valence-electron chi connectivity index (χ2n) is 5.36. The van der Waals surface area contributed by atoms with E-state index in [0.29, 0.717) is 12.2 Å². The summed E-state index contributed by atoms with van der Waals surface area (Å²) in [6, 6.07) is -0.0958. The van der Waals surface area contributed by atoms with Crippen molar-refractivity contribution in [3.05, 3.63) is 22.0 Å². The molecule has 0 saturated carbocycles. The summed E-state index contributed by atoms with van der Waals surface area (Å²) in [5.74, 6) is 1.69. The minimum Gasteiger partial charge on any atom is -0.455 e. The molecule has 0 aliphatic carbocycles. The van der Waals surface area contributed by atoms with Gasteiger partial charge in [0.05, 0.1) is 12.1 Å². The number of amides is 1. The summed E-state index contributed by atoms with van der Waals surface area (Å²) in [6.07, 6.45) is 2.14. The number of hydrogen-bond donors (Lipinski definition) is 1. The number of hydrogen-bond acceptors (Lipinski definition) is 4. The Hall–Kier alpha value is -0.940. The van der Waals surface area contributed by atoms with Crippen LogP contribution in [0.25, 0.3) is 0 Å². The molecule has 2 unspecified atom stereocenters. The molecule has 0 aromatic heterocycles. The predicted molar refractivity (Wildman–Crippen MR) is 74.3 cm³/mol. The zero-order valence-corrected chi connectivity index (χ0v) is 12.1. The van der Waals surface area contributed by atoms with Gasteiger partial charge in [-0.25, -0.2) is 0 Å². The molecule has 4 nitrogen and oxygen atoms in total. The van der Waals surface area contributed by atoms with Gasteiger partial charge in [0.1, 0.15) is 5.76 Å². The maximum Gasteiger partial charge on any atom is 0.223 e. The van der Waals surface area contributed by atoms with Crippen molar-refractivity contribution >= 4 is 17.7 Å². The van der Waals surface area contributed by atoms with Crippen LogP contribution in [-0.2, 0) is 9.53 Å². The third-order valence-electron chi connectivity index (χ3n) is 4.14. The Morgan fingerprint density at radius 3 is 2.89 bits per heavy atom. The molecule has 1 saturated heterocycles. The predicted octanol–water partition coefficient (Wildman–Crippen LogP) is 2.01. The molecule has 1 fully saturated rings. The van der Waals surface area contributed by atoms with Gasteiger partial charge in [-0.15, -0.1) is 0 Å². The number of piperidine rings is 1. The number of ether oxygens (including phenoxy) is 1. The normalized spacial score (nSPS) is 31.7. The zero-order valence-electron chi connectivity index (χ0n) is 11.3. The van der Waals surface area contributed by atoms with Gasteiger partial charge in [0.2, 0.25) is 5.91 Å². The number of allylic oxidation sites excluding steroid dienone is 1. The molecular formula is C14H19NO3S. The fourth-order valence-corrected chi connectivity index (χ4v) is 4.08. The molecular weight excluding hydrogens is 262 g/mol. The molecule has 3 rings (SSSR count). The van der Waals surface area contributed by atoms with Gasteiger partial charge in [-0.3, -0.25) is 4.79 Å². The van der Waals surface area contributed by atoms with Crippen LogP contribution in [0.2, 0.25) is 0 Å². The van der Waals surface area contributed by atoms with E-state index in [-0.39, 0.29) is 11.9 Å². The van der Waals surface area contributed by atoms with Crippen molar-refractivity contribution in [2.75, 3.05) is 12.3 Å². The first-order valence-corrected chi connectivity index (χ1v) is 7.77. The van der Waals surface area contributed by atoms with E-state index in [1.165, 1.54) is 0 Å².